The Bertz CT molecular complexity index is 1010. The molecule has 2 N–H and O–H groups in total. The number of ether oxygens (including phenoxy) is 1. The quantitative estimate of drug-likeness (QED) is 0.727. The molecule has 0 spiro atoms. The first-order chi connectivity index (χ1) is 12.5. The number of methoxy groups -OCH3 is 1. The number of hydrogen-bond acceptors (Lipinski definition) is 5. The Labute approximate surface area is 149 Å². The van der Waals surface area contributed by atoms with E-state index in [4.69, 9.17) is 9.84 Å². The minimum atomic E-state index is -0.498. The van der Waals surface area contributed by atoms with Gasteiger partial charge in [0.15, 0.2) is 11.6 Å². The highest BCUT2D eigenvalue weighted by atomic mass is 19.1. The number of aliphatic hydroxyl groups is 1. The van der Waals surface area contributed by atoms with Gasteiger partial charge in [-0.05, 0) is 37.6 Å². The first-order valence-corrected chi connectivity index (χ1v) is 8.05. The van der Waals surface area contributed by atoms with Gasteiger partial charge in [-0.1, -0.05) is 0 Å². The zero-order chi connectivity index (χ0) is 18.8. The number of aliphatic hydroxyl groups excluding tert-OH is 1. The standard InChI is InChI=1S/C18H19FN4O3/c1-10-9-20-18(23-17(25)13(6-7-24)11(2)22-23)21-16(10)12-4-5-15(26-3)14(19)8-12/h4-5,8-9,22,24H,6-7H2,1-3H3. The summed E-state index contributed by atoms with van der Waals surface area (Å²) >= 11 is 0. The monoisotopic (exact) mass is 358 g/mol. The van der Waals surface area contributed by atoms with Crippen LogP contribution in [0.2, 0.25) is 0 Å². The second-order valence-corrected chi connectivity index (χ2v) is 5.88. The van der Waals surface area contributed by atoms with Crippen molar-refractivity contribution in [1.82, 2.24) is 19.7 Å². The summed E-state index contributed by atoms with van der Waals surface area (Å²) in [7, 11) is 1.40. The predicted molar refractivity (Wildman–Crippen MR) is 94.2 cm³/mol. The smallest absolute Gasteiger partial charge is 0.277 e. The van der Waals surface area contributed by atoms with Crippen LogP contribution < -0.4 is 10.3 Å². The second kappa shape index (κ2) is 7.09. The number of benzene rings is 1. The molecule has 3 rings (SSSR count). The molecule has 0 bridgehead atoms. The Hall–Kier alpha value is -3.00. The lowest BCUT2D eigenvalue weighted by atomic mass is 10.1. The van der Waals surface area contributed by atoms with E-state index in [1.807, 2.05) is 0 Å². The van der Waals surface area contributed by atoms with Crippen LogP contribution in [0.3, 0.4) is 0 Å². The van der Waals surface area contributed by atoms with Crippen molar-refractivity contribution in [1.29, 1.82) is 0 Å². The molecule has 0 atom stereocenters. The van der Waals surface area contributed by atoms with Crippen molar-refractivity contribution < 1.29 is 14.2 Å². The van der Waals surface area contributed by atoms with Crippen LogP contribution in [0, 0.1) is 19.7 Å². The number of hydrogen-bond donors (Lipinski definition) is 2. The van der Waals surface area contributed by atoms with Gasteiger partial charge < -0.3 is 9.84 Å². The number of aromatic amines is 1. The maximum absolute atomic E-state index is 14.0. The number of aryl methyl sites for hydroxylation is 2. The van der Waals surface area contributed by atoms with Gasteiger partial charge >= 0.3 is 0 Å². The summed E-state index contributed by atoms with van der Waals surface area (Å²) < 4.78 is 20.2. The SMILES string of the molecule is COc1ccc(-c2nc(-n3[nH]c(C)c(CCO)c3=O)ncc2C)cc1F. The van der Waals surface area contributed by atoms with Gasteiger partial charge in [-0.3, -0.25) is 9.89 Å². The van der Waals surface area contributed by atoms with Gasteiger partial charge in [-0.25, -0.2) is 14.4 Å². The summed E-state index contributed by atoms with van der Waals surface area (Å²) in [4.78, 5) is 21.2. The molecule has 0 aliphatic rings. The van der Waals surface area contributed by atoms with Gasteiger partial charge in [-0.15, -0.1) is 0 Å². The van der Waals surface area contributed by atoms with Crippen LogP contribution in [0.15, 0.2) is 29.2 Å². The fraction of sp³-hybridized carbons (Fsp3) is 0.278. The predicted octanol–water partition coefficient (Wildman–Crippen LogP) is 1.92. The highest BCUT2D eigenvalue weighted by Gasteiger charge is 2.16. The normalized spacial score (nSPS) is 11.0. The highest BCUT2D eigenvalue weighted by Crippen LogP contribution is 2.26. The van der Waals surface area contributed by atoms with Gasteiger partial charge in [0, 0.05) is 36.0 Å². The Morgan fingerprint density at radius 3 is 2.77 bits per heavy atom. The molecular formula is C18H19FN4O3. The van der Waals surface area contributed by atoms with E-state index < -0.39 is 5.82 Å². The molecule has 3 aromatic rings. The number of nitrogens with one attached hydrogen (secondary N) is 1. The molecular weight excluding hydrogens is 339 g/mol. The number of nitrogens with zero attached hydrogens (tertiary/aromatic N) is 3. The lowest BCUT2D eigenvalue weighted by molar-refractivity contribution is 0.299. The summed E-state index contributed by atoms with van der Waals surface area (Å²) in [6.07, 6.45) is 1.82. The van der Waals surface area contributed by atoms with Crippen LogP contribution in [0.1, 0.15) is 16.8 Å². The Balaban J connectivity index is 2.11. The molecule has 1 aromatic carbocycles. The maximum Gasteiger partial charge on any atom is 0.277 e. The molecule has 8 heteroatoms. The molecule has 136 valence electrons. The van der Waals surface area contributed by atoms with Gasteiger partial charge in [0.1, 0.15) is 0 Å². The number of H-pyrrole nitrogens is 1. The molecule has 0 aliphatic heterocycles. The molecule has 2 aromatic heterocycles. The third-order valence-corrected chi connectivity index (χ3v) is 4.14. The third-order valence-electron chi connectivity index (χ3n) is 4.14. The minimum Gasteiger partial charge on any atom is -0.494 e. The summed E-state index contributed by atoms with van der Waals surface area (Å²) in [5.41, 5.74) is 2.62. The van der Waals surface area contributed by atoms with Gasteiger partial charge in [0.25, 0.3) is 11.5 Å². The molecule has 0 fully saturated rings. The van der Waals surface area contributed by atoms with Crippen LogP contribution in [0.5, 0.6) is 5.75 Å². The van der Waals surface area contributed by atoms with Crippen LogP contribution in [-0.2, 0) is 6.42 Å². The first kappa shape index (κ1) is 17.8. The molecule has 7 nitrogen and oxygen atoms in total. The Morgan fingerprint density at radius 2 is 2.12 bits per heavy atom. The van der Waals surface area contributed by atoms with E-state index in [1.165, 1.54) is 23.9 Å². The van der Waals surface area contributed by atoms with Crippen LogP contribution >= 0.6 is 0 Å². The van der Waals surface area contributed by atoms with E-state index in [9.17, 15) is 9.18 Å². The number of halogens is 1. The zero-order valence-electron chi connectivity index (χ0n) is 14.7. The van der Waals surface area contributed by atoms with E-state index in [2.05, 4.69) is 15.1 Å². The molecule has 0 radical (unpaired) electrons. The summed E-state index contributed by atoms with van der Waals surface area (Å²) in [6, 6.07) is 4.55. The van der Waals surface area contributed by atoms with Gasteiger partial charge in [-0.2, -0.15) is 4.68 Å². The van der Waals surface area contributed by atoms with E-state index in [0.717, 1.165) is 5.56 Å². The highest BCUT2D eigenvalue weighted by molar-refractivity contribution is 5.64. The Morgan fingerprint density at radius 1 is 1.35 bits per heavy atom. The summed E-state index contributed by atoms with van der Waals surface area (Å²) in [5.74, 6) is -0.202. The maximum atomic E-state index is 14.0. The van der Waals surface area contributed by atoms with E-state index in [-0.39, 0.29) is 30.3 Å². The molecule has 2 heterocycles. The van der Waals surface area contributed by atoms with Gasteiger partial charge in [0.05, 0.1) is 12.8 Å². The minimum absolute atomic E-state index is 0.126. The molecule has 0 amide bonds. The average molecular weight is 358 g/mol. The summed E-state index contributed by atoms with van der Waals surface area (Å²) in [5, 5.41) is 12.0. The van der Waals surface area contributed by atoms with Crippen molar-refractivity contribution in [2.75, 3.05) is 13.7 Å². The van der Waals surface area contributed by atoms with Crippen molar-refractivity contribution >= 4 is 0 Å². The molecule has 26 heavy (non-hydrogen) atoms. The largest absolute Gasteiger partial charge is 0.494 e. The lowest BCUT2D eigenvalue weighted by Gasteiger charge is -2.09. The van der Waals surface area contributed by atoms with E-state index >= 15 is 0 Å². The van der Waals surface area contributed by atoms with Gasteiger partial charge in [0.2, 0.25) is 0 Å². The second-order valence-electron chi connectivity index (χ2n) is 5.88. The fourth-order valence-electron chi connectivity index (χ4n) is 2.77. The molecule has 0 unspecified atom stereocenters. The van der Waals surface area contributed by atoms with E-state index in [1.54, 1.807) is 26.1 Å². The average Bonchev–Trinajstić information content (AvgIpc) is 2.91. The van der Waals surface area contributed by atoms with E-state index in [0.29, 0.717) is 22.5 Å². The third kappa shape index (κ3) is 3.11. The number of rotatable bonds is 5. The van der Waals surface area contributed by atoms with Crippen molar-refractivity contribution in [2.24, 2.45) is 0 Å². The first-order valence-electron chi connectivity index (χ1n) is 8.05. The lowest BCUT2D eigenvalue weighted by Crippen LogP contribution is -2.20. The van der Waals surface area contributed by atoms with Crippen LogP contribution in [-0.4, -0.2) is 38.6 Å². The van der Waals surface area contributed by atoms with Crippen molar-refractivity contribution in [2.45, 2.75) is 20.3 Å². The topological polar surface area (TPSA) is 93.0 Å². The molecule has 0 saturated heterocycles. The summed E-state index contributed by atoms with van der Waals surface area (Å²) in [6.45, 7) is 3.43. The Kier molecular flexibility index (Phi) is 4.85. The zero-order valence-corrected chi connectivity index (χ0v) is 14.7. The van der Waals surface area contributed by atoms with Crippen molar-refractivity contribution in [3.8, 4) is 23.0 Å². The molecule has 0 aliphatic carbocycles. The fourth-order valence-corrected chi connectivity index (χ4v) is 2.77. The van der Waals surface area contributed by atoms with Crippen molar-refractivity contribution in [3.63, 3.8) is 0 Å². The van der Waals surface area contributed by atoms with Crippen molar-refractivity contribution in [3.05, 3.63) is 57.4 Å². The van der Waals surface area contributed by atoms with Crippen LogP contribution in [0.25, 0.3) is 17.2 Å². The molecule has 0 saturated carbocycles. The van der Waals surface area contributed by atoms with Crippen LogP contribution in [0.4, 0.5) is 4.39 Å². The number of aromatic nitrogens is 4.